The van der Waals surface area contributed by atoms with E-state index in [0.717, 1.165) is 83.7 Å². The summed E-state index contributed by atoms with van der Waals surface area (Å²) in [6, 6.07) is 163. The summed E-state index contributed by atoms with van der Waals surface area (Å²) >= 11 is 1.87. The molecule has 0 atom stereocenters. The number of fused-ring (bicyclic) bond motifs is 21. The highest BCUT2D eigenvalue weighted by Gasteiger charge is 2.19. The molecule has 0 aliphatic heterocycles. The largest absolute Gasteiger partial charge is 0.456 e. The first-order valence-corrected chi connectivity index (χ1v) is 48.4. The van der Waals surface area contributed by atoms with E-state index in [0.29, 0.717) is 0 Å². The van der Waals surface area contributed by atoms with Crippen LogP contribution in [0.15, 0.2) is 494 Å². The number of furan rings is 6. The molecule has 0 spiro atoms. The molecule has 0 unspecified atom stereocenters. The first kappa shape index (κ1) is 87.9. The van der Waals surface area contributed by atoms with Gasteiger partial charge in [0.15, 0.2) is 0 Å². The second kappa shape index (κ2) is 38.8. The second-order valence-corrected chi connectivity index (χ2v) is 37.1. The monoisotopic (exact) mass is 1820 g/mol. The van der Waals surface area contributed by atoms with Crippen molar-refractivity contribution >= 4 is 163 Å². The molecule has 21 aromatic carbocycles. The lowest BCUT2D eigenvalue weighted by Gasteiger charge is -2.06. The van der Waals surface area contributed by atoms with Gasteiger partial charge in [0, 0.05) is 101 Å². The summed E-state index contributed by atoms with van der Waals surface area (Å²) in [7, 11) is 0. The Morgan fingerprint density at radius 2 is 0.400 bits per heavy atom. The highest BCUT2D eigenvalue weighted by molar-refractivity contribution is 7.25. The van der Waals surface area contributed by atoms with Crippen LogP contribution in [0.4, 0.5) is 0 Å². The lowest BCUT2D eigenvalue weighted by molar-refractivity contribution is 0.668. The Kier molecular flexibility index (Phi) is 24.4. The molecule has 0 aliphatic carbocycles. The predicted molar refractivity (Wildman–Crippen MR) is 593 cm³/mol. The van der Waals surface area contributed by atoms with E-state index in [4.69, 9.17) is 26.5 Å². The third-order valence-electron chi connectivity index (χ3n) is 26.4. The van der Waals surface area contributed by atoms with Crippen molar-refractivity contribution in [3.8, 4) is 77.9 Å². The van der Waals surface area contributed by atoms with E-state index < -0.39 is 0 Å². The van der Waals surface area contributed by atoms with Crippen LogP contribution in [-0.4, -0.2) is 0 Å². The highest BCUT2D eigenvalue weighted by Crippen LogP contribution is 2.44. The van der Waals surface area contributed by atoms with Crippen LogP contribution >= 0.6 is 11.3 Å². The van der Waals surface area contributed by atoms with E-state index >= 15 is 0 Å². The van der Waals surface area contributed by atoms with Crippen molar-refractivity contribution in [1.29, 1.82) is 0 Å². The van der Waals surface area contributed by atoms with E-state index in [1.54, 1.807) is 0 Å². The van der Waals surface area contributed by atoms with E-state index in [9.17, 15) is 0 Å². The van der Waals surface area contributed by atoms with Crippen molar-refractivity contribution < 1.29 is 26.5 Å². The fraction of sp³-hybridized carbons (Fsp3) is 0.0526. The molecule has 672 valence electrons. The molecule has 7 heteroatoms. The molecule has 0 aliphatic rings. The van der Waals surface area contributed by atoms with E-state index in [2.05, 4.69) is 443 Å². The van der Waals surface area contributed by atoms with E-state index in [1.165, 1.54) is 185 Å². The Balaban J connectivity index is 0.0000000939. The average Bonchev–Trinajstić information content (AvgIpc) is 1.89. The summed E-state index contributed by atoms with van der Waals surface area (Å²) in [5, 5.41) is 16.9. The summed E-state index contributed by atoms with van der Waals surface area (Å²) in [5.41, 5.74) is 37.5. The van der Waals surface area contributed by atoms with Crippen molar-refractivity contribution in [2.45, 2.75) is 48.5 Å². The quantitative estimate of drug-likeness (QED) is 0.158. The first-order valence-electron chi connectivity index (χ1n) is 47.6. The van der Waals surface area contributed by atoms with Gasteiger partial charge in [0.1, 0.15) is 67.0 Å². The van der Waals surface area contributed by atoms with Crippen LogP contribution in [0.5, 0.6) is 0 Å². The third-order valence-corrected chi connectivity index (χ3v) is 27.6. The summed E-state index contributed by atoms with van der Waals surface area (Å²) in [4.78, 5) is 0. The summed E-state index contributed by atoms with van der Waals surface area (Å²) in [6.07, 6.45) is 0. The molecule has 0 radical (unpaired) electrons. The van der Waals surface area contributed by atoms with Crippen molar-refractivity contribution in [3.63, 3.8) is 0 Å². The summed E-state index contributed by atoms with van der Waals surface area (Å²) in [6.45, 7) is 14.9. The Morgan fingerprint density at radius 1 is 0.136 bits per heavy atom. The molecule has 6 nitrogen and oxygen atoms in total. The molecule has 28 aromatic rings. The topological polar surface area (TPSA) is 78.8 Å². The fourth-order valence-corrected chi connectivity index (χ4v) is 20.2. The number of thiophene rings is 1. The molecular formula is C133H98O6S. The predicted octanol–water partition coefficient (Wildman–Crippen LogP) is 39.4. The van der Waals surface area contributed by atoms with Gasteiger partial charge in [0.05, 0.1) is 0 Å². The van der Waals surface area contributed by atoms with Gasteiger partial charge in [-0.3, -0.25) is 0 Å². The highest BCUT2D eigenvalue weighted by atomic mass is 32.1. The van der Waals surface area contributed by atoms with Crippen molar-refractivity contribution in [2.75, 3.05) is 0 Å². The Labute approximate surface area is 816 Å². The zero-order valence-electron chi connectivity index (χ0n) is 78.8. The Bertz CT molecular complexity index is 9220. The zero-order valence-corrected chi connectivity index (χ0v) is 79.6. The maximum atomic E-state index is 6.09. The molecule has 0 saturated heterocycles. The zero-order chi connectivity index (χ0) is 94.7. The minimum Gasteiger partial charge on any atom is -0.456 e. The van der Waals surface area contributed by atoms with E-state index in [1.807, 2.05) is 84.1 Å². The van der Waals surface area contributed by atoms with Crippen molar-refractivity contribution in [3.05, 3.63) is 506 Å². The van der Waals surface area contributed by atoms with Crippen molar-refractivity contribution in [1.82, 2.24) is 0 Å². The average molecular weight is 1820 g/mol. The van der Waals surface area contributed by atoms with Crippen LogP contribution in [0.25, 0.3) is 230 Å². The van der Waals surface area contributed by atoms with Crippen molar-refractivity contribution in [2.24, 2.45) is 0 Å². The first-order chi connectivity index (χ1) is 68.8. The van der Waals surface area contributed by atoms with Crippen LogP contribution in [0.2, 0.25) is 0 Å². The van der Waals surface area contributed by atoms with Gasteiger partial charge >= 0.3 is 0 Å². The number of hydrogen-bond acceptors (Lipinski definition) is 7. The second-order valence-electron chi connectivity index (χ2n) is 36.0. The minimum absolute atomic E-state index is 0.946. The smallest absolute Gasteiger partial charge is 0.143 e. The van der Waals surface area contributed by atoms with Gasteiger partial charge in [-0.2, -0.15) is 0 Å². The minimum atomic E-state index is 0.946. The number of benzene rings is 21. The molecule has 0 saturated carbocycles. The lowest BCUT2D eigenvalue weighted by Crippen LogP contribution is -1.82. The van der Waals surface area contributed by atoms with E-state index in [-0.39, 0.29) is 0 Å². The number of aryl methyl sites for hydroxylation is 7. The van der Waals surface area contributed by atoms with Crippen LogP contribution in [0, 0.1) is 48.5 Å². The number of hydrogen-bond donors (Lipinski definition) is 0. The third kappa shape index (κ3) is 18.0. The van der Waals surface area contributed by atoms with Crippen LogP contribution in [-0.2, 0) is 0 Å². The maximum absolute atomic E-state index is 6.09. The van der Waals surface area contributed by atoms with Gasteiger partial charge in [-0.25, -0.2) is 0 Å². The van der Waals surface area contributed by atoms with Gasteiger partial charge in [-0.1, -0.05) is 404 Å². The van der Waals surface area contributed by atoms with Crippen LogP contribution in [0.3, 0.4) is 0 Å². The molecule has 7 aromatic heterocycles. The van der Waals surface area contributed by atoms with Gasteiger partial charge < -0.3 is 26.5 Å². The SMILES string of the molecule is Cc1ccc(-c2ccc3oc4ccccc4c3c2)cc1.Cc1ccc(-c2ccc3sc4ccccc4c3c2)cc1.Cc1ccc(-c2cccc3c2oc2ccccc23)cc1.Cc1cccc(-c2ccc3oc4ccccc4c3c2)c1.Cc1cccc(-c2cccc3c2oc2ccccc23)c1.Cc1ccccc1-c1ccc2oc3ccccc3c2c1.Cc1ccccc1-c1cccc2c1oc1ccccc12. The number of rotatable bonds is 7. The summed E-state index contributed by atoms with van der Waals surface area (Å²) in [5.74, 6) is 0. The van der Waals surface area contributed by atoms with Gasteiger partial charge in [0.25, 0.3) is 0 Å². The summed E-state index contributed by atoms with van der Waals surface area (Å²) < 4.78 is 38.6. The van der Waals surface area contributed by atoms with Gasteiger partial charge in [-0.05, 0) is 212 Å². The number of para-hydroxylation sites is 9. The molecular weight excluding hydrogens is 1730 g/mol. The lowest BCUT2D eigenvalue weighted by atomic mass is 9.98. The molecule has 0 fully saturated rings. The normalized spacial score (nSPS) is 11.2. The van der Waals surface area contributed by atoms with Gasteiger partial charge in [-0.15, -0.1) is 11.3 Å². The molecule has 0 amide bonds. The van der Waals surface area contributed by atoms with Crippen LogP contribution < -0.4 is 0 Å². The Morgan fingerprint density at radius 3 is 0.843 bits per heavy atom. The maximum Gasteiger partial charge on any atom is 0.143 e. The molecule has 7 heterocycles. The standard InChI is InChI=1S/6C19H14O.C19H14S/c1-13-6-4-7-14(12-13)15-9-5-10-17-16-8-2-3-11-18(16)20-19(15)17;1-13-7-2-3-8-14(13)16-10-6-11-17-15-9-4-5-12-18(15)20-19(16)17;1-13-5-4-6-14(11-13)15-9-10-19-17(12-15)16-7-2-3-8-18(16)20-19;1-13-6-2-3-7-15(13)14-10-11-19-17(12-14)16-8-4-5-9-18(16)20-19;1-13-9-11-14(12-10-13)15-6-4-7-17-16-5-2-3-8-18(16)20-19(15)17;2*1-13-6-8-14(9-7-13)15-10-11-19-17(12-15)16-4-2-3-5-18(16)20-19/h7*2-12H,1H3. The van der Waals surface area contributed by atoms with Gasteiger partial charge in [0.2, 0.25) is 0 Å². The Hall–Kier alpha value is -17.4. The molecule has 0 N–H and O–H groups in total. The fourth-order valence-electron chi connectivity index (χ4n) is 19.2. The molecule has 140 heavy (non-hydrogen) atoms. The molecule has 0 bridgehead atoms. The molecule has 28 rings (SSSR count). The van der Waals surface area contributed by atoms with Crippen LogP contribution in [0.1, 0.15) is 38.9 Å².